The molecule has 0 amide bonds. The summed E-state index contributed by atoms with van der Waals surface area (Å²) in [7, 11) is -9.98. The Balaban J connectivity index is 0.932. The lowest BCUT2D eigenvalue weighted by Crippen LogP contribution is -2.31. The highest BCUT2D eigenvalue weighted by Crippen LogP contribution is 2.51. The van der Waals surface area contributed by atoms with Crippen molar-refractivity contribution in [2.75, 3.05) is 31.3 Å². The van der Waals surface area contributed by atoms with Gasteiger partial charge < -0.3 is 45.7 Å². The Labute approximate surface area is 294 Å². The molecule has 4 aromatic rings. The average Bonchev–Trinajstić information content (AvgIpc) is 3.90. The molecule has 2 unspecified atom stereocenters. The van der Waals surface area contributed by atoms with E-state index < -0.39 is 108 Å². The second-order valence-corrected chi connectivity index (χ2v) is 14.9. The number of esters is 1. The maximum absolute atomic E-state index is 13.0. The van der Waals surface area contributed by atoms with E-state index in [-0.39, 0.29) is 47.1 Å². The number of aromatic amines is 2. The van der Waals surface area contributed by atoms with E-state index in [2.05, 4.69) is 29.9 Å². The summed E-state index contributed by atoms with van der Waals surface area (Å²) in [6, 6.07) is 0. The van der Waals surface area contributed by atoms with Crippen molar-refractivity contribution in [3.05, 3.63) is 33.4 Å². The molecule has 0 aromatic carbocycles. The molecule has 288 valence electrons. The molecule has 4 aromatic heterocycles. The van der Waals surface area contributed by atoms with Gasteiger partial charge in [0.05, 0.1) is 45.0 Å². The summed E-state index contributed by atoms with van der Waals surface area (Å²) in [6.07, 6.45) is -7.83. The maximum atomic E-state index is 13.0. The number of ether oxygens (including phenoxy) is 3. The van der Waals surface area contributed by atoms with E-state index in [1.807, 2.05) is 0 Å². The van der Waals surface area contributed by atoms with Gasteiger partial charge in [0, 0.05) is 12.8 Å². The average molecular weight is 791 g/mol. The number of carbonyl (C=O) groups is 1. The van der Waals surface area contributed by atoms with E-state index in [4.69, 9.17) is 43.8 Å². The first-order valence-corrected chi connectivity index (χ1v) is 18.6. The van der Waals surface area contributed by atoms with E-state index in [0.29, 0.717) is 0 Å². The lowest BCUT2D eigenvalue weighted by molar-refractivity contribution is -0.143. The predicted octanol–water partition coefficient (Wildman–Crippen LogP) is -2.33. The molecule has 53 heavy (non-hydrogen) atoms. The zero-order chi connectivity index (χ0) is 37.8. The van der Waals surface area contributed by atoms with Crippen LogP contribution in [0.5, 0.6) is 0 Å². The Morgan fingerprint density at radius 3 is 1.89 bits per heavy atom. The number of nitrogens with two attached hydrogens (primary N) is 2. The smallest absolute Gasteiger partial charge is 0.457 e. The number of cyclic esters (lactones) is 1. The molecule has 3 aliphatic heterocycles. The molecule has 26 nitrogen and oxygen atoms in total. The van der Waals surface area contributed by atoms with Crippen LogP contribution in [0.1, 0.15) is 31.7 Å². The lowest BCUT2D eigenvalue weighted by atomic mass is 10.2. The van der Waals surface area contributed by atoms with Gasteiger partial charge in [-0.2, -0.15) is 9.97 Å². The van der Waals surface area contributed by atoms with E-state index in [1.165, 1.54) is 21.8 Å². The Kier molecular flexibility index (Phi) is 9.98. The third-order valence-corrected chi connectivity index (χ3v) is 10.5. The summed E-state index contributed by atoms with van der Waals surface area (Å²) < 4.78 is 65.5. The standard InChI is InChI=1S/C25H32N10O16P2/c26-24-30-20-18(22(39)32-24)28-7-34(20)15-1-9(37)13(48-15)5-45-52(41,42)51-11-3-17(38)49-14(11)6-46-53(43,44)50-10-2-16(47-12(10)4-36)35-8-29-19-21(35)31-25(27)33-23(19)40/h7-16,36-37H,1-6H2,(H,41,42)(H,43,44)(H3,26,30,32,39)(H3,27,31,33,40)/t9-,10-,11-,12+,13+,14+,15+,16+/m0/s1. The first-order chi connectivity index (χ1) is 25.1. The van der Waals surface area contributed by atoms with Crippen LogP contribution in [0.25, 0.3) is 22.3 Å². The second kappa shape index (κ2) is 14.2. The van der Waals surface area contributed by atoms with Gasteiger partial charge in [-0.1, -0.05) is 0 Å². The lowest BCUT2D eigenvalue weighted by Gasteiger charge is -2.24. The van der Waals surface area contributed by atoms with Crippen LogP contribution in [0.2, 0.25) is 0 Å². The number of imidazole rings is 2. The van der Waals surface area contributed by atoms with Crippen LogP contribution in [-0.2, 0) is 46.2 Å². The van der Waals surface area contributed by atoms with Gasteiger partial charge in [0.2, 0.25) is 11.9 Å². The van der Waals surface area contributed by atoms with Gasteiger partial charge in [-0.15, -0.1) is 0 Å². The van der Waals surface area contributed by atoms with Crippen molar-refractivity contribution >= 4 is 55.8 Å². The van der Waals surface area contributed by atoms with Gasteiger partial charge in [0.1, 0.15) is 36.9 Å². The molecular formula is C25H32N10O16P2. The Hall–Kier alpha value is -4.17. The molecule has 3 aliphatic rings. The summed E-state index contributed by atoms with van der Waals surface area (Å²) in [5.41, 5.74) is 10.1. The number of hydrogen-bond acceptors (Lipinski definition) is 20. The van der Waals surface area contributed by atoms with Crippen LogP contribution in [0.4, 0.5) is 11.9 Å². The Bertz CT molecular complexity index is 2240. The number of phosphoric ester groups is 2. The summed E-state index contributed by atoms with van der Waals surface area (Å²) in [4.78, 5) is 77.9. The van der Waals surface area contributed by atoms with Crippen LogP contribution in [-0.4, -0.2) is 121 Å². The number of anilines is 2. The number of nitrogens with one attached hydrogen (secondary N) is 2. The number of rotatable bonds is 13. The molecular weight excluding hydrogens is 758 g/mol. The van der Waals surface area contributed by atoms with Crippen molar-refractivity contribution in [1.82, 2.24) is 39.0 Å². The number of hydrogen-bond donors (Lipinski definition) is 8. The summed E-state index contributed by atoms with van der Waals surface area (Å²) >= 11 is 0. The van der Waals surface area contributed by atoms with Gasteiger partial charge >= 0.3 is 21.6 Å². The monoisotopic (exact) mass is 790 g/mol. The molecule has 3 fully saturated rings. The largest absolute Gasteiger partial charge is 0.472 e. The molecule has 0 aliphatic carbocycles. The molecule has 3 saturated heterocycles. The molecule has 10 atom stereocenters. The zero-order valence-electron chi connectivity index (χ0n) is 26.9. The number of aliphatic hydroxyl groups excluding tert-OH is 2. The minimum absolute atomic E-state index is 0.0278. The van der Waals surface area contributed by atoms with E-state index in [9.17, 15) is 43.5 Å². The molecule has 0 bridgehead atoms. The second-order valence-electron chi connectivity index (χ2n) is 12.1. The van der Waals surface area contributed by atoms with Crippen molar-refractivity contribution in [3.8, 4) is 0 Å². The summed E-state index contributed by atoms with van der Waals surface area (Å²) in [5, 5.41) is 20.4. The SMILES string of the molecule is Nc1nc2c(ncn2[C@H]2C[C@H](OP(=O)(O)OC[C@H]3OC(=O)C[C@@H]3OP(=O)(O)OC[C@H]3O[C@@H](n4cnc5c(=O)[nH]c(N)nc54)C[C@@H]3O)[C@@H](CO)O2)c(=O)[nH]1. The summed E-state index contributed by atoms with van der Waals surface area (Å²) in [5.74, 6) is -1.25. The van der Waals surface area contributed by atoms with Gasteiger partial charge in [-0.05, 0) is 0 Å². The van der Waals surface area contributed by atoms with Crippen molar-refractivity contribution in [2.45, 2.75) is 68.3 Å². The third kappa shape index (κ3) is 7.75. The van der Waals surface area contributed by atoms with Gasteiger partial charge in [-0.3, -0.25) is 51.6 Å². The molecule has 0 saturated carbocycles. The highest BCUT2D eigenvalue weighted by molar-refractivity contribution is 7.47. The van der Waals surface area contributed by atoms with Crippen molar-refractivity contribution in [1.29, 1.82) is 0 Å². The number of aliphatic hydroxyl groups is 2. The molecule has 7 heterocycles. The van der Waals surface area contributed by atoms with Gasteiger partial charge in [-0.25, -0.2) is 19.1 Å². The van der Waals surface area contributed by atoms with Crippen LogP contribution in [0.15, 0.2) is 22.2 Å². The first-order valence-electron chi connectivity index (χ1n) is 15.6. The molecule has 0 spiro atoms. The normalized spacial score (nSPS) is 29.8. The third-order valence-electron chi connectivity index (χ3n) is 8.49. The minimum Gasteiger partial charge on any atom is -0.457 e. The summed E-state index contributed by atoms with van der Waals surface area (Å²) in [6.45, 7) is -2.15. The topological polar surface area (TPSA) is 376 Å². The molecule has 10 N–H and O–H groups in total. The number of H-pyrrole nitrogens is 2. The van der Waals surface area contributed by atoms with Crippen molar-refractivity contribution < 1.29 is 66.2 Å². The predicted molar refractivity (Wildman–Crippen MR) is 171 cm³/mol. The molecule has 7 rings (SSSR count). The van der Waals surface area contributed by atoms with E-state index in [0.717, 1.165) is 0 Å². The highest BCUT2D eigenvalue weighted by Gasteiger charge is 2.46. The fourth-order valence-corrected chi connectivity index (χ4v) is 7.97. The minimum atomic E-state index is -4.99. The highest BCUT2D eigenvalue weighted by atomic mass is 31.2. The maximum Gasteiger partial charge on any atom is 0.472 e. The fourth-order valence-electron chi connectivity index (χ4n) is 6.06. The fraction of sp³-hybridized carbons (Fsp3) is 0.560. The van der Waals surface area contributed by atoms with E-state index >= 15 is 0 Å². The number of carbonyl (C=O) groups excluding carboxylic acids is 1. The van der Waals surface area contributed by atoms with Crippen LogP contribution < -0.4 is 22.6 Å². The number of nitrogen functional groups attached to an aromatic ring is 2. The molecule has 0 radical (unpaired) electrons. The zero-order valence-corrected chi connectivity index (χ0v) is 28.7. The van der Waals surface area contributed by atoms with Gasteiger partial charge in [0.25, 0.3) is 11.1 Å². The quantitative estimate of drug-likeness (QED) is 0.0520. The first kappa shape index (κ1) is 37.2. The van der Waals surface area contributed by atoms with Crippen LogP contribution in [0.3, 0.4) is 0 Å². The molecule has 28 heteroatoms. The Morgan fingerprint density at radius 2 is 1.32 bits per heavy atom. The van der Waals surface area contributed by atoms with Gasteiger partial charge in [0.15, 0.2) is 28.4 Å². The number of aromatic nitrogens is 8. The number of nitrogens with zero attached hydrogens (tertiary/aromatic N) is 6. The van der Waals surface area contributed by atoms with E-state index in [1.54, 1.807) is 0 Å². The Morgan fingerprint density at radius 1 is 0.811 bits per heavy atom. The number of fused-ring (bicyclic) bond motifs is 2. The van der Waals surface area contributed by atoms with Crippen molar-refractivity contribution in [3.63, 3.8) is 0 Å². The number of phosphoric acid groups is 2. The van der Waals surface area contributed by atoms with Crippen LogP contribution in [0, 0.1) is 0 Å². The van der Waals surface area contributed by atoms with Crippen LogP contribution >= 0.6 is 15.6 Å². The van der Waals surface area contributed by atoms with Crippen molar-refractivity contribution in [2.24, 2.45) is 0 Å².